The van der Waals surface area contributed by atoms with Crippen LogP contribution in [0.1, 0.15) is 32.8 Å². The summed E-state index contributed by atoms with van der Waals surface area (Å²) < 4.78 is 0. The summed E-state index contributed by atoms with van der Waals surface area (Å²) in [6.45, 7) is 5.94. The molecule has 1 rings (SSSR count). The summed E-state index contributed by atoms with van der Waals surface area (Å²) in [5.74, 6) is -0.458. The van der Waals surface area contributed by atoms with Crippen LogP contribution in [0, 0.1) is 10.1 Å². The number of hydrogen-bond acceptors (Lipinski definition) is 4. The van der Waals surface area contributed by atoms with E-state index in [0.717, 1.165) is 12.0 Å². The highest BCUT2D eigenvalue weighted by molar-refractivity contribution is 5.65. The second-order valence-corrected chi connectivity index (χ2v) is 4.43. The molecular weight excluding hydrogens is 208 g/mol. The van der Waals surface area contributed by atoms with E-state index in [4.69, 9.17) is 5.73 Å². The smallest absolute Gasteiger partial charge is 0.313 e. The van der Waals surface area contributed by atoms with Crippen molar-refractivity contribution >= 4 is 11.4 Å². The number of hydrogen-bond donors (Lipinski definition) is 2. The van der Waals surface area contributed by atoms with Crippen LogP contribution in [0.3, 0.4) is 0 Å². The largest absolute Gasteiger partial charge is 0.501 e. The topological polar surface area (TPSA) is 89.4 Å². The number of nitro groups is 1. The zero-order valence-corrected chi connectivity index (χ0v) is 9.65. The van der Waals surface area contributed by atoms with Gasteiger partial charge in [0.05, 0.1) is 10.6 Å². The van der Waals surface area contributed by atoms with Crippen LogP contribution in [-0.2, 0) is 5.41 Å². The van der Waals surface area contributed by atoms with Gasteiger partial charge >= 0.3 is 5.69 Å². The van der Waals surface area contributed by atoms with Gasteiger partial charge in [0.1, 0.15) is 0 Å². The molecule has 0 bridgehead atoms. The van der Waals surface area contributed by atoms with Crippen molar-refractivity contribution in [2.75, 3.05) is 5.73 Å². The zero-order chi connectivity index (χ0) is 12.5. The Bertz CT molecular complexity index is 427. The Morgan fingerprint density at radius 3 is 2.50 bits per heavy atom. The van der Waals surface area contributed by atoms with Crippen LogP contribution in [0.15, 0.2) is 12.1 Å². The van der Waals surface area contributed by atoms with Gasteiger partial charge in [-0.05, 0) is 23.5 Å². The Kier molecular flexibility index (Phi) is 3.07. The zero-order valence-electron chi connectivity index (χ0n) is 9.65. The molecule has 0 saturated carbocycles. The number of nitrogens with two attached hydrogens (primary N) is 1. The first-order valence-electron chi connectivity index (χ1n) is 5.07. The second kappa shape index (κ2) is 4.00. The maximum atomic E-state index is 10.7. The van der Waals surface area contributed by atoms with Gasteiger partial charge in [0, 0.05) is 6.07 Å². The molecule has 0 aliphatic carbocycles. The lowest BCUT2D eigenvalue weighted by Crippen LogP contribution is -2.16. The van der Waals surface area contributed by atoms with Gasteiger partial charge in [-0.2, -0.15) is 0 Å². The summed E-state index contributed by atoms with van der Waals surface area (Å²) in [5.41, 5.74) is 5.83. The first-order chi connectivity index (χ1) is 7.29. The van der Waals surface area contributed by atoms with E-state index in [1.54, 1.807) is 6.07 Å². The van der Waals surface area contributed by atoms with Crippen molar-refractivity contribution in [1.29, 1.82) is 0 Å². The van der Waals surface area contributed by atoms with E-state index in [0.29, 0.717) is 0 Å². The van der Waals surface area contributed by atoms with E-state index in [9.17, 15) is 15.2 Å². The van der Waals surface area contributed by atoms with Crippen molar-refractivity contribution in [2.24, 2.45) is 0 Å². The predicted octanol–water partition coefficient (Wildman–Crippen LogP) is 2.57. The molecule has 0 radical (unpaired) electrons. The van der Waals surface area contributed by atoms with E-state index in [1.165, 1.54) is 6.07 Å². The fourth-order valence-corrected chi connectivity index (χ4v) is 1.38. The Morgan fingerprint density at radius 1 is 1.50 bits per heavy atom. The minimum Gasteiger partial charge on any atom is -0.501 e. The molecule has 1 aromatic rings. The molecule has 0 saturated heterocycles. The lowest BCUT2D eigenvalue weighted by atomic mass is 9.82. The molecule has 16 heavy (non-hydrogen) atoms. The van der Waals surface area contributed by atoms with Crippen molar-refractivity contribution in [3.8, 4) is 5.75 Å². The molecule has 3 N–H and O–H groups in total. The second-order valence-electron chi connectivity index (χ2n) is 4.43. The lowest BCUT2D eigenvalue weighted by molar-refractivity contribution is -0.385. The molecular formula is C11H16N2O3. The number of phenolic OH excluding ortho intramolecular Hbond substituents is 1. The summed E-state index contributed by atoms with van der Waals surface area (Å²) in [6, 6.07) is 2.97. The van der Waals surface area contributed by atoms with E-state index >= 15 is 0 Å². The van der Waals surface area contributed by atoms with E-state index in [2.05, 4.69) is 0 Å². The molecule has 0 spiro atoms. The Balaban J connectivity index is 3.41. The van der Waals surface area contributed by atoms with Crippen LogP contribution in [0.5, 0.6) is 5.75 Å². The Labute approximate surface area is 94.0 Å². The van der Waals surface area contributed by atoms with Gasteiger partial charge in [-0.3, -0.25) is 10.1 Å². The minimum absolute atomic E-state index is 0.0470. The van der Waals surface area contributed by atoms with Gasteiger partial charge < -0.3 is 10.8 Å². The number of aromatic hydroxyl groups is 1. The summed E-state index contributed by atoms with van der Waals surface area (Å²) in [7, 11) is 0. The molecule has 0 aliphatic rings. The summed E-state index contributed by atoms with van der Waals surface area (Å²) in [5, 5.41) is 20.2. The molecule has 0 amide bonds. The highest BCUT2D eigenvalue weighted by Gasteiger charge is 2.25. The molecule has 5 nitrogen and oxygen atoms in total. The highest BCUT2D eigenvalue weighted by Crippen LogP contribution is 2.38. The number of rotatable bonds is 3. The van der Waals surface area contributed by atoms with Crippen LogP contribution < -0.4 is 5.73 Å². The summed E-state index contributed by atoms with van der Waals surface area (Å²) in [4.78, 5) is 10.1. The van der Waals surface area contributed by atoms with Crippen LogP contribution in [0.25, 0.3) is 0 Å². The molecule has 0 unspecified atom stereocenters. The van der Waals surface area contributed by atoms with Gasteiger partial charge in [0.25, 0.3) is 0 Å². The number of benzene rings is 1. The summed E-state index contributed by atoms with van der Waals surface area (Å²) in [6.07, 6.45) is 0.828. The van der Waals surface area contributed by atoms with Crippen molar-refractivity contribution in [1.82, 2.24) is 0 Å². The van der Waals surface area contributed by atoms with Crippen LogP contribution in [0.4, 0.5) is 11.4 Å². The predicted molar refractivity (Wildman–Crippen MR) is 62.5 cm³/mol. The number of phenols is 1. The maximum Gasteiger partial charge on any atom is 0.313 e. The van der Waals surface area contributed by atoms with Crippen molar-refractivity contribution < 1.29 is 10.0 Å². The number of anilines is 1. The normalized spacial score (nSPS) is 11.4. The van der Waals surface area contributed by atoms with Gasteiger partial charge in [-0.1, -0.05) is 20.8 Å². The third kappa shape index (κ3) is 2.08. The molecule has 88 valence electrons. The lowest BCUT2D eigenvalue weighted by Gasteiger charge is -2.23. The van der Waals surface area contributed by atoms with Crippen molar-refractivity contribution in [3.63, 3.8) is 0 Å². The molecule has 0 heterocycles. The van der Waals surface area contributed by atoms with Crippen LogP contribution in [0.2, 0.25) is 0 Å². The Hall–Kier alpha value is -1.78. The monoisotopic (exact) mass is 224 g/mol. The first-order valence-corrected chi connectivity index (χ1v) is 5.07. The molecule has 5 heteroatoms. The van der Waals surface area contributed by atoms with Crippen LogP contribution in [-0.4, -0.2) is 10.0 Å². The van der Waals surface area contributed by atoms with E-state index < -0.39 is 10.7 Å². The number of nitrogens with zero attached hydrogens (tertiary/aromatic N) is 1. The van der Waals surface area contributed by atoms with Crippen LogP contribution >= 0.6 is 0 Å². The number of nitrogen functional groups attached to an aromatic ring is 1. The van der Waals surface area contributed by atoms with Gasteiger partial charge in [0.2, 0.25) is 5.75 Å². The SMILES string of the molecule is CCC(C)(C)c1cc(N)c(O)c([N+](=O)[O-])c1. The summed E-state index contributed by atoms with van der Waals surface area (Å²) >= 11 is 0. The standard InChI is InChI=1S/C11H16N2O3/c1-4-11(2,3)7-5-8(12)10(14)9(6-7)13(15)16/h5-6,14H,4,12H2,1-3H3. The quantitative estimate of drug-likeness (QED) is 0.357. The minimum atomic E-state index is -0.624. The fraction of sp³-hybridized carbons (Fsp3) is 0.455. The third-order valence-electron chi connectivity index (χ3n) is 2.98. The average molecular weight is 224 g/mol. The van der Waals surface area contributed by atoms with Crippen molar-refractivity contribution in [2.45, 2.75) is 32.6 Å². The highest BCUT2D eigenvalue weighted by atomic mass is 16.6. The molecule has 0 atom stereocenters. The third-order valence-corrected chi connectivity index (χ3v) is 2.98. The molecule has 0 aliphatic heterocycles. The van der Waals surface area contributed by atoms with Gasteiger partial charge in [-0.15, -0.1) is 0 Å². The van der Waals surface area contributed by atoms with Gasteiger partial charge in [0.15, 0.2) is 0 Å². The van der Waals surface area contributed by atoms with E-state index in [-0.39, 0.29) is 16.8 Å². The number of nitro benzene ring substituents is 1. The Morgan fingerprint density at radius 2 is 2.06 bits per heavy atom. The molecule has 0 aromatic heterocycles. The first kappa shape index (κ1) is 12.3. The maximum absolute atomic E-state index is 10.7. The molecule has 0 fully saturated rings. The fourth-order valence-electron chi connectivity index (χ4n) is 1.38. The average Bonchev–Trinajstić information content (AvgIpc) is 2.21. The molecule has 1 aromatic carbocycles. The van der Waals surface area contributed by atoms with E-state index in [1.807, 2.05) is 20.8 Å². The van der Waals surface area contributed by atoms with Crippen molar-refractivity contribution in [3.05, 3.63) is 27.8 Å². The van der Waals surface area contributed by atoms with Gasteiger partial charge in [-0.25, -0.2) is 0 Å².